The second kappa shape index (κ2) is 8.56. The Balaban J connectivity index is 1.77. The molecule has 1 aromatic heterocycles. The third-order valence-corrected chi connectivity index (χ3v) is 4.73. The van der Waals surface area contributed by atoms with Crippen molar-refractivity contribution in [3.63, 3.8) is 0 Å². The van der Waals surface area contributed by atoms with Crippen LogP contribution in [0.2, 0.25) is 0 Å². The fourth-order valence-electron chi connectivity index (χ4n) is 2.85. The van der Waals surface area contributed by atoms with Gasteiger partial charge in [-0.25, -0.2) is 0 Å². The van der Waals surface area contributed by atoms with Crippen LogP contribution < -0.4 is 5.32 Å². The minimum atomic E-state index is -0.118. The number of halogens is 1. The third-order valence-electron chi connectivity index (χ3n) is 4.30. The van der Waals surface area contributed by atoms with E-state index < -0.39 is 0 Å². The molecule has 1 amide bonds. The minimum absolute atomic E-state index is 0.0785. The molecule has 25 heavy (non-hydrogen) atoms. The van der Waals surface area contributed by atoms with Gasteiger partial charge in [-0.05, 0) is 34.5 Å². The van der Waals surface area contributed by atoms with Gasteiger partial charge in [0, 0.05) is 36.5 Å². The summed E-state index contributed by atoms with van der Waals surface area (Å²) in [7, 11) is 0. The van der Waals surface area contributed by atoms with Crippen LogP contribution in [0, 0.1) is 6.92 Å². The Morgan fingerprint density at radius 1 is 1.28 bits per heavy atom. The lowest BCUT2D eigenvalue weighted by Gasteiger charge is -2.31. The van der Waals surface area contributed by atoms with E-state index in [2.05, 4.69) is 62.3 Å². The molecule has 1 aliphatic heterocycles. The number of benzene rings is 1. The second-order valence-electron chi connectivity index (χ2n) is 6.24. The highest BCUT2D eigenvalue weighted by molar-refractivity contribution is 9.10. The van der Waals surface area contributed by atoms with Crippen LogP contribution in [0.15, 0.2) is 47.2 Å². The molecule has 2 aromatic rings. The number of aryl methyl sites for hydroxylation is 1. The first-order chi connectivity index (χ1) is 12.1. The number of nitrogens with one attached hydrogen (secondary N) is 1. The van der Waals surface area contributed by atoms with E-state index >= 15 is 0 Å². The molecule has 5 nitrogen and oxygen atoms in total. The Bertz CT molecular complexity index is 715. The Labute approximate surface area is 156 Å². The van der Waals surface area contributed by atoms with Crippen LogP contribution in [0.1, 0.15) is 27.5 Å². The van der Waals surface area contributed by atoms with E-state index in [-0.39, 0.29) is 11.9 Å². The van der Waals surface area contributed by atoms with Crippen molar-refractivity contribution >= 4 is 21.8 Å². The summed E-state index contributed by atoms with van der Waals surface area (Å²) in [6.45, 7) is 6.08. The average molecular weight is 404 g/mol. The molecule has 0 aliphatic carbocycles. The van der Waals surface area contributed by atoms with Gasteiger partial charge in [0.05, 0.1) is 24.8 Å². The van der Waals surface area contributed by atoms with Gasteiger partial charge in [0.25, 0.3) is 5.91 Å². The summed E-state index contributed by atoms with van der Waals surface area (Å²) < 4.78 is 6.22. The highest BCUT2D eigenvalue weighted by atomic mass is 79.9. The van der Waals surface area contributed by atoms with Gasteiger partial charge in [0.1, 0.15) is 0 Å². The molecule has 1 aliphatic rings. The topological polar surface area (TPSA) is 54.5 Å². The van der Waals surface area contributed by atoms with E-state index in [9.17, 15) is 4.79 Å². The van der Waals surface area contributed by atoms with Crippen LogP contribution in [-0.4, -0.2) is 48.6 Å². The molecular weight excluding hydrogens is 382 g/mol. The van der Waals surface area contributed by atoms with Gasteiger partial charge in [-0.1, -0.05) is 29.8 Å². The van der Waals surface area contributed by atoms with Crippen molar-refractivity contribution < 1.29 is 9.53 Å². The lowest BCUT2D eigenvalue weighted by Crippen LogP contribution is -2.43. The molecule has 3 rings (SSSR count). The van der Waals surface area contributed by atoms with Crippen molar-refractivity contribution in [2.24, 2.45) is 0 Å². The highest BCUT2D eigenvalue weighted by Crippen LogP contribution is 2.18. The van der Waals surface area contributed by atoms with E-state index in [0.717, 1.165) is 42.9 Å². The highest BCUT2D eigenvalue weighted by Gasteiger charge is 2.21. The van der Waals surface area contributed by atoms with Crippen LogP contribution >= 0.6 is 15.9 Å². The number of hydrogen-bond acceptors (Lipinski definition) is 4. The van der Waals surface area contributed by atoms with Gasteiger partial charge in [0.15, 0.2) is 0 Å². The molecule has 0 spiro atoms. The largest absolute Gasteiger partial charge is 0.379 e. The number of aromatic nitrogens is 1. The van der Waals surface area contributed by atoms with E-state index in [0.29, 0.717) is 5.56 Å². The van der Waals surface area contributed by atoms with E-state index in [1.54, 1.807) is 18.5 Å². The number of morpholine rings is 1. The number of pyridine rings is 1. The molecule has 1 N–H and O–H groups in total. The predicted octanol–water partition coefficient (Wildman–Crippen LogP) is 2.96. The van der Waals surface area contributed by atoms with Crippen LogP contribution in [-0.2, 0) is 4.74 Å². The van der Waals surface area contributed by atoms with E-state index in [4.69, 9.17) is 4.74 Å². The quantitative estimate of drug-likeness (QED) is 0.833. The summed E-state index contributed by atoms with van der Waals surface area (Å²) in [5.41, 5.74) is 2.86. The SMILES string of the molecule is Cc1ccc([C@H](CN2CCOCC2)NC(=O)c2cncc(Br)c2)cc1. The molecule has 0 radical (unpaired) electrons. The number of carbonyl (C=O) groups excluding carboxylic acids is 1. The standard InChI is InChI=1S/C19H22BrN3O2/c1-14-2-4-15(5-3-14)18(13-23-6-8-25-9-7-23)22-19(24)16-10-17(20)12-21-11-16/h2-5,10-12,18H,6-9,13H2,1H3,(H,22,24)/t18-/m0/s1. The monoisotopic (exact) mass is 403 g/mol. The number of nitrogens with zero attached hydrogens (tertiary/aromatic N) is 2. The second-order valence-corrected chi connectivity index (χ2v) is 7.16. The lowest BCUT2D eigenvalue weighted by molar-refractivity contribution is 0.0332. The van der Waals surface area contributed by atoms with Crippen LogP contribution in [0.5, 0.6) is 0 Å². The van der Waals surface area contributed by atoms with Gasteiger partial charge in [-0.2, -0.15) is 0 Å². The smallest absolute Gasteiger partial charge is 0.253 e. The van der Waals surface area contributed by atoms with Gasteiger partial charge in [-0.3, -0.25) is 14.7 Å². The number of carbonyl (C=O) groups is 1. The summed E-state index contributed by atoms with van der Waals surface area (Å²) in [4.78, 5) is 19.1. The number of rotatable bonds is 5. The first kappa shape index (κ1) is 18.0. The maximum absolute atomic E-state index is 12.7. The number of amides is 1. The molecule has 1 saturated heterocycles. The zero-order valence-electron chi connectivity index (χ0n) is 14.2. The van der Waals surface area contributed by atoms with Gasteiger partial charge in [0.2, 0.25) is 0 Å². The third kappa shape index (κ3) is 5.11. The van der Waals surface area contributed by atoms with Crippen LogP contribution in [0.4, 0.5) is 0 Å². The molecular formula is C19H22BrN3O2. The zero-order valence-corrected chi connectivity index (χ0v) is 15.8. The molecule has 0 saturated carbocycles. The van der Waals surface area contributed by atoms with Gasteiger partial charge >= 0.3 is 0 Å². The molecule has 1 aromatic carbocycles. The molecule has 1 atom stereocenters. The molecule has 132 valence electrons. The molecule has 0 unspecified atom stereocenters. The fraction of sp³-hybridized carbons (Fsp3) is 0.368. The van der Waals surface area contributed by atoms with Gasteiger partial charge < -0.3 is 10.1 Å². The van der Waals surface area contributed by atoms with Crippen molar-refractivity contribution in [2.75, 3.05) is 32.8 Å². The Hall–Kier alpha value is -1.76. The van der Waals surface area contributed by atoms with Crippen molar-refractivity contribution in [1.29, 1.82) is 0 Å². The normalized spacial score (nSPS) is 16.4. The maximum atomic E-state index is 12.7. The number of ether oxygens (including phenoxy) is 1. The zero-order chi connectivity index (χ0) is 17.6. The minimum Gasteiger partial charge on any atom is -0.379 e. The van der Waals surface area contributed by atoms with Crippen molar-refractivity contribution in [3.8, 4) is 0 Å². The summed E-state index contributed by atoms with van der Waals surface area (Å²) in [6.07, 6.45) is 3.25. The van der Waals surface area contributed by atoms with Crippen molar-refractivity contribution in [1.82, 2.24) is 15.2 Å². The molecule has 1 fully saturated rings. The van der Waals surface area contributed by atoms with E-state index in [1.807, 2.05) is 0 Å². The Morgan fingerprint density at radius 3 is 2.68 bits per heavy atom. The Morgan fingerprint density at radius 2 is 2.00 bits per heavy atom. The summed E-state index contributed by atoms with van der Waals surface area (Å²) in [5, 5.41) is 3.16. The molecule has 2 heterocycles. The first-order valence-corrected chi connectivity index (χ1v) is 9.19. The van der Waals surface area contributed by atoms with Gasteiger partial charge in [-0.15, -0.1) is 0 Å². The molecule has 6 heteroatoms. The van der Waals surface area contributed by atoms with Crippen molar-refractivity contribution in [2.45, 2.75) is 13.0 Å². The lowest BCUT2D eigenvalue weighted by atomic mass is 10.0. The fourth-order valence-corrected chi connectivity index (χ4v) is 3.22. The summed E-state index contributed by atoms with van der Waals surface area (Å²) in [5.74, 6) is -0.118. The van der Waals surface area contributed by atoms with E-state index in [1.165, 1.54) is 5.56 Å². The summed E-state index contributed by atoms with van der Waals surface area (Å²) >= 11 is 3.36. The number of hydrogen-bond donors (Lipinski definition) is 1. The summed E-state index contributed by atoms with van der Waals surface area (Å²) in [6, 6.07) is 10.0. The van der Waals surface area contributed by atoms with Crippen molar-refractivity contribution in [3.05, 3.63) is 63.9 Å². The Kier molecular flexibility index (Phi) is 6.18. The molecule has 0 bridgehead atoms. The predicted molar refractivity (Wildman–Crippen MR) is 101 cm³/mol. The maximum Gasteiger partial charge on any atom is 0.253 e. The first-order valence-electron chi connectivity index (χ1n) is 8.40. The average Bonchev–Trinajstić information content (AvgIpc) is 2.62. The van der Waals surface area contributed by atoms with Crippen LogP contribution in [0.25, 0.3) is 0 Å². The van der Waals surface area contributed by atoms with Crippen LogP contribution in [0.3, 0.4) is 0 Å².